The number of anilines is 2. The van der Waals surface area contributed by atoms with Crippen LogP contribution in [-0.2, 0) is 0 Å². The van der Waals surface area contributed by atoms with Crippen LogP contribution in [0, 0.1) is 6.92 Å². The molecule has 1 atom stereocenters. The lowest BCUT2D eigenvalue weighted by atomic mass is 10.0. The number of nitrogens with zero attached hydrogens (tertiary/aromatic N) is 6. The van der Waals surface area contributed by atoms with E-state index in [1.807, 2.05) is 13.0 Å². The van der Waals surface area contributed by atoms with Gasteiger partial charge in [0.15, 0.2) is 0 Å². The van der Waals surface area contributed by atoms with Crippen LogP contribution >= 0.6 is 11.3 Å². The van der Waals surface area contributed by atoms with Gasteiger partial charge in [-0.2, -0.15) is 0 Å². The molecule has 24 heavy (non-hydrogen) atoms. The normalized spacial score (nSPS) is 18.1. The number of hydrogen-bond acceptors (Lipinski definition) is 7. The molecule has 0 saturated carbocycles. The van der Waals surface area contributed by atoms with E-state index >= 15 is 0 Å². The lowest BCUT2D eigenvalue weighted by Crippen LogP contribution is -2.47. The van der Waals surface area contributed by atoms with Gasteiger partial charge in [0, 0.05) is 37.9 Å². The minimum Gasteiger partial charge on any atom is -0.355 e. The Kier molecular flexibility index (Phi) is 4.02. The van der Waals surface area contributed by atoms with Gasteiger partial charge in [0.1, 0.15) is 29.1 Å². The van der Waals surface area contributed by atoms with Gasteiger partial charge in [-0.15, -0.1) is 11.3 Å². The Morgan fingerprint density at radius 2 is 2.08 bits per heavy atom. The van der Waals surface area contributed by atoms with Gasteiger partial charge in [0.05, 0.1) is 5.39 Å². The summed E-state index contributed by atoms with van der Waals surface area (Å²) in [5.74, 6) is 2.04. The molecule has 1 saturated heterocycles. The first-order chi connectivity index (χ1) is 11.7. The zero-order valence-electron chi connectivity index (χ0n) is 13.9. The van der Waals surface area contributed by atoms with Crippen molar-refractivity contribution < 1.29 is 0 Å². The summed E-state index contributed by atoms with van der Waals surface area (Å²) in [6, 6.07) is 4.58. The molecular weight excluding hydrogens is 320 g/mol. The Hall–Kier alpha value is -2.28. The number of aromatic nitrogens is 4. The largest absolute Gasteiger partial charge is 0.355 e. The Balaban J connectivity index is 1.58. The maximum Gasteiger partial charge on any atom is 0.140 e. The third-order valence-electron chi connectivity index (χ3n) is 4.64. The molecule has 0 N–H and O–H groups in total. The molecule has 7 heteroatoms. The summed E-state index contributed by atoms with van der Waals surface area (Å²) in [5.41, 5.74) is 0.996. The van der Waals surface area contributed by atoms with Crippen molar-refractivity contribution in [2.75, 3.05) is 29.9 Å². The van der Waals surface area contributed by atoms with Crippen molar-refractivity contribution in [2.24, 2.45) is 0 Å². The average Bonchev–Trinajstić information content (AvgIpc) is 3.10. The summed E-state index contributed by atoms with van der Waals surface area (Å²) < 4.78 is 0. The quantitative estimate of drug-likeness (QED) is 0.731. The highest BCUT2D eigenvalue weighted by atomic mass is 32.1. The first-order valence-electron chi connectivity index (χ1n) is 8.17. The van der Waals surface area contributed by atoms with Gasteiger partial charge in [-0.3, -0.25) is 0 Å². The highest BCUT2D eigenvalue weighted by Crippen LogP contribution is 2.30. The summed E-state index contributed by atoms with van der Waals surface area (Å²) in [6.45, 7) is 3.98. The second-order valence-electron chi connectivity index (χ2n) is 6.21. The highest BCUT2D eigenvalue weighted by molar-refractivity contribution is 7.16. The fourth-order valence-corrected chi connectivity index (χ4v) is 4.04. The summed E-state index contributed by atoms with van der Waals surface area (Å²) in [7, 11) is 2.12. The predicted molar refractivity (Wildman–Crippen MR) is 97.8 cm³/mol. The second kappa shape index (κ2) is 6.32. The van der Waals surface area contributed by atoms with E-state index in [-0.39, 0.29) is 0 Å². The number of thiophene rings is 1. The monoisotopic (exact) mass is 340 g/mol. The van der Waals surface area contributed by atoms with E-state index in [1.54, 1.807) is 24.0 Å². The van der Waals surface area contributed by atoms with E-state index in [4.69, 9.17) is 0 Å². The molecule has 124 valence electrons. The molecule has 0 amide bonds. The molecule has 0 aliphatic carbocycles. The Morgan fingerprint density at radius 1 is 1.21 bits per heavy atom. The molecule has 3 aromatic heterocycles. The molecular formula is C17H20N6S. The van der Waals surface area contributed by atoms with Crippen molar-refractivity contribution in [3.05, 3.63) is 35.9 Å². The third kappa shape index (κ3) is 2.80. The molecule has 4 heterocycles. The van der Waals surface area contributed by atoms with Crippen LogP contribution in [0.1, 0.15) is 18.5 Å². The van der Waals surface area contributed by atoms with Crippen molar-refractivity contribution in [3.8, 4) is 0 Å². The first-order valence-corrected chi connectivity index (χ1v) is 9.05. The van der Waals surface area contributed by atoms with Crippen molar-refractivity contribution in [1.82, 2.24) is 19.9 Å². The maximum absolute atomic E-state index is 4.56. The van der Waals surface area contributed by atoms with E-state index < -0.39 is 0 Å². The van der Waals surface area contributed by atoms with E-state index in [0.29, 0.717) is 6.04 Å². The number of piperidine rings is 1. The summed E-state index contributed by atoms with van der Waals surface area (Å²) in [6.07, 6.45) is 5.62. The molecule has 0 bridgehead atoms. The van der Waals surface area contributed by atoms with Crippen LogP contribution in [0.2, 0.25) is 0 Å². The number of likely N-dealkylation sites (N-methyl/N-ethyl adjacent to an activating group) is 1. The SMILES string of the molecule is Cc1cc(N(C)C2CCCN(c3ncnc4sccc34)C2)ncn1. The molecule has 1 unspecified atom stereocenters. The van der Waals surface area contributed by atoms with Gasteiger partial charge < -0.3 is 9.80 Å². The Morgan fingerprint density at radius 3 is 2.96 bits per heavy atom. The maximum atomic E-state index is 4.56. The zero-order chi connectivity index (χ0) is 16.5. The van der Waals surface area contributed by atoms with Gasteiger partial charge >= 0.3 is 0 Å². The van der Waals surface area contributed by atoms with Crippen LogP contribution in [0.15, 0.2) is 30.2 Å². The molecule has 6 nitrogen and oxygen atoms in total. The number of fused-ring (bicyclic) bond motifs is 1. The summed E-state index contributed by atoms with van der Waals surface area (Å²) >= 11 is 1.67. The molecule has 0 spiro atoms. The van der Waals surface area contributed by atoms with Crippen molar-refractivity contribution in [1.29, 1.82) is 0 Å². The Bertz CT molecular complexity index is 848. The fraction of sp³-hybridized carbons (Fsp3) is 0.412. The van der Waals surface area contributed by atoms with E-state index in [9.17, 15) is 0 Å². The topological polar surface area (TPSA) is 58.0 Å². The zero-order valence-corrected chi connectivity index (χ0v) is 14.7. The minimum atomic E-state index is 0.414. The van der Waals surface area contributed by atoms with Crippen LogP contribution in [0.25, 0.3) is 10.2 Å². The van der Waals surface area contributed by atoms with Crippen LogP contribution in [0.5, 0.6) is 0 Å². The summed E-state index contributed by atoms with van der Waals surface area (Å²) in [5, 5.41) is 3.24. The smallest absolute Gasteiger partial charge is 0.140 e. The van der Waals surface area contributed by atoms with Gasteiger partial charge in [-0.05, 0) is 31.2 Å². The van der Waals surface area contributed by atoms with Crippen LogP contribution in [-0.4, -0.2) is 46.1 Å². The van der Waals surface area contributed by atoms with Gasteiger partial charge in [0.25, 0.3) is 0 Å². The second-order valence-corrected chi connectivity index (χ2v) is 7.10. The van der Waals surface area contributed by atoms with Crippen molar-refractivity contribution in [3.63, 3.8) is 0 Å². The number of hydrogen-bond donors (Lipinski definition) is 0. The van der Waals surface area contributed by atoms with Crippen molar-refractivity contribution >= 4 is 33.2 Å². The summed E-state index contributed by atoms with van der Waals surface area (Å²) in [4.78, 5) is 23.3. The lowest BCUT2D eigenvalue weighted by molar-refractivity contribution is 0.484. The molecule has 4 rings (SSSR count). The fourth-order valence-electron chi connectivity index (χ4n) is 3.31. The van der Waals surface area contributed by atoms with Crippen LogP contribution in [0.3, 0.4) is 0 Å². The van der Waals surface area contributed by atoms with Gasteiger partial charge in [-0.1, -0.05) is 0 Å². The third-order valence-corrected chi connectivity index (χ3v) is 5.46. The Labute approximate surface area is 145 Å². The first kappa shape index (κ1) is 15.3. The number of rotatable bonds is 3. The van der Waals surface area contributed by atoms with E-state index in [1.165, 1.54) is 0 Å². The van der Waals surface area contributed by atoms with Crippen LogP contribution < -0.4 is 9.80 Å². The molecule has 1 aliphatic heterocycles. The number of aryl methyl sites for hydroxylation is 1. The van der Waals surface area contributed by atoms with Gasteiger partial charge in [-0.25, -0.2) is 19.9 Å². The van der Waals surface area contributed by atoms with E-state index in [0.717, 1.165) is 53.5 Å². The standard InChI is InChI=1S/C17H20N6S/c1-12-8-15(19-10-18-12)22(2)13-4-3-6-23(9-13)16-14-5-7-24-17(14)21-11-20-16/h5,7-8,10-11,13H,3-4,6,9H2,1-2H3. The molecule has 0 aromatic carbocycles. The predicted octanol–water partition coefficient (Wildman–Crippen LogP) is 2.89. The molecule has 1 fully saturated rings. The average molecular weight is 340 g/mol. The van der Waals surface area contributed by atoms with Gasteiger partial charge in [0.2, 0.25) is 0 Å². The highest BCUT2D eigenvalue weighted by Gasteiger charge is 2.26. The minimum absolute atomic E-state index is 0.414. The molecule has 1 aliphatic rings. The van der Waals surface area contributed by atoms with E-state index in [2.05, 4.69) is 48.2 Å². The van der Waals surface area contributed by atoms with Crippen LogP contribution in [0.4, 0.5) is 11.6 Å². The molecule has 0 radical (unpaired) electrons. The lowest BCUT2D eigenvalue weighted by Gasteiger charge is -2.38. The molecule has 3 aromatic rings. The van der Waals surface area contributed by atoms with Crippen molar-refractivity contribution in [2.45, 2.75) is 25.8 Å².